The molecule has 4 nitrogen and oxygen atoms in total. The maximum Gasteiger partial charge on any atom is 0.217 e. The number of hydrogen-bond acceptors (Lipinski definition) is 3. The summed E-state index contributed by atoms with van der Waals surface area (Å²) in [6, 6.07) is 7.55. The summed E-state index contributed by atoms with van der Waals surface area (Å²) in [6.45, 7) is 3.05. The van der Waals surface area contributed by atoms with E-state index in [0.29, 0.717) is 17.1 Å². The van der Waals surface area contributed by atoms with Crippen LogP contribution in [0.5, 0.6) is 0 Å². The lowest BCUT2D eigenvalue weighted by Gasteiger charge is -2.20. The standard InChI is InChI=1S/C13H14ClN3O/c1-9(18)16-12-4-5-17(8-12)13-6-11(14)3-2-10(13)7-15/h2-3,6,12H,4-5,8H2,1H3,(H,16,18). The number of rotatable bonds is 2. The van der Waals surface area contributed by atoms with Crippen LogP contribution >= 0.6 is 11.6 Å². The molecule has 0 spiro atoms. The zero-order chi connectivity index (χ0) is 13.1. The van der Waals surface area contributed by atoms with Crippen molar-refractivity contribution >= 4 is 23.2 Å². The average molecular weight is 264 g/mol. The van der Waals surface area contributed by atoms with Crippen molar-refractivity contribution in [2.24, 2.45) is 0 Å². The molecule has 1 saturated heterocycles. The molecule has 1 N–H and O–H groups in total. The molecule has 1 aromatic rings. The first kappa shape index (κ1) is 12.7. The minimum absolute atomic E-state index is 0.0200. The first-order valence-electron chi connectivity index (χ1n) is 5.82. The smallest absolute Gasteiger partial charge is 0.217 e. The number of benzene rings is 1. The van der Waals surface area contributed by atoms with Gasteiger partial charge >= 0.3 is 0 Å². The molecule has 1 aliphatic heterocycles. The highest BCUT2D eigenvalue weighted by atomic mass is 35.5. The number of carbonyl (C=O) groups is 1. The number of anilines is 1. The van der Waals surface area contributed by atoms with Crippen LogP contribution in [0.1, 0.15) is 18.9 Å². The first-order chi connectivity index (χ1) is 8.60. The van der Waals surface area contributed by atoms with Crippen molar-refractivity contribution in [2.45, 2.75) is 19.4 Å². The molecule has 94 valence electrons. The lowest BCUT2D eigenvalue weighted by Crippen LogP contribution is -2.35. The van der Waals surface area contributed by atoms with Gasteiger partial charge in [-0.15, -0.1) is 0 Å². The zero-order valence-electron chi connectivity index (χ0n) is 10.1. The van der Waals surface area contributed by atoms with Crippen LogP contribution in [0.2, 0.25) is 5.02 Å². The summed E-state index contributed by atoms with van der Waals surface area (Å²) in [5, 5.41) is 12.6. The van der Waals surface area contributed by atoms with Crippen molar-refractivity contribution in [3.8, 4) is 6.07 Å². The fraction of sp³-hybridized carbons (Fsp3) is 0.385. The van der Waals surface area contributed by atoms with E-state index in [4.69, 9.17) is 16.9 Å². The van der Waals surface area contributed by atoms with Gasteiger partial charge in [0.1, 0.15) is 6.07 Å². The fourth-order valence-electron chi connectivity index (χ4n) is 2.25. The molecule has 2 rings (SSSR count). The molecule has 1 aliphatic rings. The van der Waals surface area contributed by atoms with Crippen LogP contribution < -0.4 is 10.2 Å². The second-order valence-corrected chi connectivity index (χ2v) is 4.84. The van der Waals surface area contributed by atoms with Gasteiger partial charge in [-0.1, -0.05) is 11.6 Å². The largest absolute Gasteiger partial charge is 0.368 e. The van der Waals surface area contributed by atoms with E-state index in [-0.39, 0.29) is 11.9 Å². The summed E-state index contributed by atoms with van der Waals surface area (Å²) < 4.78 is 0. The van der Waals surface area contributed by atoms with Crippen LogP contribution in [0.3, 0.4) is 0 Å². The third-order valence-electron chi connectivity index (χ3n) is 3.02. The molecular weight excluding hydrogens is 250 g/mol. The molecule has 1 unspecified atom stereocenters. The Bertz CT molecular complexity index is 509. The number of carbonyl (C=O) groups excluding carboxylic acids is 1. The van der Waals surface area contributed by atoms with Gasteiger partial charge in [0, 0.05) is 31.1 Å². The number of nitrogens with zero attached hydrogens (tertiary/aromatic N) is 2. The third kappa shape index (κ3) is 2.74. The molecule has 18 heavy (non-hydrogen) atoms. The lowest BCUT2D eigenvalue weighted by atomic mass is 10.2. The van der Waals surface area contributed by atoms with E-state index >= 15 is 0 Å². The normalized spacial score (nSPS) is 18.5. The van der Waals surface area contributed by atoms with Crippen LogP contribution in [-0.2, 0) is 4.79 Å². The summed E-state index contributed by atoms with van der Waals surface area (Å²) in [5.74, 6) is -0.0200. The summed E-state index contributed by atoms with van der Waals surface area (Å²) in [6.07, 6.45) is 0.886. The van der Waals surface area contributed by atoms with E-state index in [9.17, 15) is 4.79 Å². The molecular formula is C13H14ClN3O. The number of nitriles is 1. The fourth-order valence-corrected chi connectivity index (χ4v) is 2.41. The highest BCUT2D eigenvalue weighted by molar-refractivity contribution is 6.30. The molecule has 1 aromatic carbocycles. The quantitative estimate of drug-likeness (QED) is 0.887. The van der Waals surface area contributed by atoms with E-state index in [2.05, 4.69) is 16.3 Å². The average Bonchev–Trinajstić information content (AvgIpc) is 2.76. The minimum atomic E-state index is -0.0200. The number of amides is 1. The van der Waals surface area contributed by atoms with E-state index in [1.165, 1.54) is 6.92 Å². The van der Waals surface area contributed by atoms with E-state index < -0.39 is 0 Å². The van der Waals surface area contributed by atoms with E-state index in [1.54, 1.807) is 18.2 Å². The Morgan fingerprint density at radius 3 is 3.06 bits per heavy atom. The Kier molecular flexibility index (Phi) is 3.73. The summed E-state index contributed by atoms with van der Waals surface area (Å²) in [5.41, 5.74) is 1.46. The van der Waals surface area contributed by atoms with Crippen LogP contribution in [0.25, 0.3) is 0 Å². The summed E-state index contributed by atoms with van der Waals surface area (Å²) in [7, 11) is 0. The van der Waals surface area contributed by atoms with Gasteiger partial charge in [0.2, 0.25) is 5.91 Å². The van der Waals surface area contributed by atoms with Crippen LogP contribution in [0.15, 0.2) is 18.2 Å². The van der Waals surface area contributed by atoms with E-state index in [1.807, 2.05) is 0 Å². The number of halogens is 1. The highest BCUT2D eigenvalue weighted by Gasteiger charge is 2.24. The molecule has 0 aromatic heterocycles. The second-order valence-electron chi connectivity index (χ2n) is 4.41. The highest BCUT2D eigenvalue weighted by Crippen LogP contribution is 2.27. The molecule has 5 heteroatoms. The molecule has 0 aliphatic carbocycles. The topological polar surface area (TPSA) is 56.1 Å². The predicted molar refractivity (Wildman–Crippen MR) is 70.6 cm³/mol. The molecule has 1 fully saturated rings. The predicted octanol–water partition coefficient (Wildman–Crippen LogP) is 1.93. The molecule has 0 bridgehead atoms. The van der Waals surface area contributed by atoms with Crippen molar-refractivity contribution in [1.82, 2.24) is 5.32 Å². The van der Waals surface area contributed by atoms with Crippen molar-refractivity contribution in [3.63, 3.8) is 0 Å². The van der Waals surface area contributed by atoms with Gasteiger partial charge in [0.05, 0.1) is 11.3 Å². The molecule has 1 heterocycles. The van der Waals surface area contributed by atoms with Gasteiger partial charge in [-0.05, 0) is 24.6 Å². The van der Waals surface area contributed by atoms with Crippen LogP contribution in [0, 0.1) is 11.3 Å². The monoisotopic (exact) mass is 263 g/mol. The van der Waals surface area contributed by atoms with Crippen LogP contribution in [-0.4, -0.2) is 25.0 Å². The Morgan fingerprint density at radius 2 is 2.39 bits per heavy atom. The maximum absolute atomic E-state index is 11.0. The molecule has 1 atom stereocenters. The van der Waals surface area contributed by atoms with Gasteiger partial charge in [-0.2, -0.15) is 5.26 Å². The van der Waals surface area contributed by atoms with Gasteiger partial charge < -0.3 is 10.2 Å². The second kappa shape index (κ2) is 5.28. The minimum Gasteiger partial charge on any atom is -0.368 e. The van der Waals surface area contributed by atoms with E-state index in [0.717, 1.165) is 18.7 Å². The van der Waals surface area contributed by atoms with Gasteiger partial charge in [0.15, 0.2) is 0 Å². The number of nitrogens with one attached hydrogen (secondary N) is 1. The Morgan fingerprint density at radius 1 is 1.61 bits per heavy atom. The number of hydrogen-bond donors (Lipinski definition) is 1. The van der Waals surface area contributed by atoms with Crippen LogP contribution in [0.4, 0.5) is 5.69 Å². The third-order valence-corrected chi connectivity index (χ3v) is 3.25. The summed E-state index contributed by atoms with van der Waals surface area (Å²) >= 11 is 5.97. The SMILES string of the molecule is CC(=O)NC1CCN(c2cc(Cl)ccc2C#N)C1. The van der Waals surface area contributed by atoms with Gasteiger partial charge in [-0.3, -0.25) is 4.79 Å². The summed E-state index contributed by atoms with van der Waals surface area (Å²) in [4.78, 5) is 13.1. The Hall–Kier alpha value is -1.73. The Labute approximate surface area is 111 Å². The zero-order valence-corrected chi connectivity index (χ0v) is 10.9. The molecule has 0 radical (unpaired) electrons. The first-order valence-corrected chi connectivity index (χ1v) is 6.19. The van der Waals surface area contributed by atoms with Crippen molar-refractivity contribution in [1.29, 1.82) is 5.26 Å². The molecule has 0 saturated carbocycles. The lowest BCUT2D eigenvalue weighted by molar-refractivity contribution is -0.119. The maximum atomic E-state index is 11.0. The van der Waals surface area contributed by atoms with Gasteiger partial charge in [0.25, 0.3) is 0 Å². The van der Waals surface area contributed by atoms with Crippen molar-refractivity contribution in [2.75, 3.05) is 18.0 Å². The Balaban J connectivity index is 2.16. The van der Waals surface area contributed by atoms with Gasteiger partial charge in [-0.25, -0.2) is 0 Å². The van der Waals surface area contributed by atoms with Crippen molar-refractivity contribution in [3.05, 3.63) is 28.8 Å². The molecule has 1 amide bonds. The van der Waals surface area contributed by atoms with Crippen molar-refractivity contribution < 1.29 is 4.79 Å².